The molecule has 4 bridgehead atoms. The lowest BCUT2D eigenvalue weighted by atomic mass is 9.49. The highest BCUT2D eigenvalue weighted by molar-refractivity contribution is 5.89. The van der Waals surface area contributed by atoms with Gasteiger partial charge in [0.2, 0.25) is 0 Å². The van der Waals surface area contributed by atoms with Gasteiger partial charge in [0.05, 0.1) is 0 Å². The fourth-order valence-corrected chi connectivity index (χ4v) is 6.36. The normalized spacial score (nSPS) is 30.0. The Morgan fingerprint density at radius 3 is 1.97 bits per heavy atom. The van der Waals surface area contributed by atoms with Gasteiger partial charge in [-0.1, -0.05) is 30.3 Å². The van der Waals surface area contributed by atoms with Crippen molar-refractivity contribution in [1.82, 2.24) is 5.32 Å². The number of carbonyl (C=O) groups is 2. The summed E-state index contributed by atoms with van der Waals surface area (Å²) in [6.45, 7) is 3.56. The zero-order valence-corrected chi connectivity index (χ0v) is 17.9. The number of carboxylic acids is 2. The Labute approximate surface area is 179 Å². The molecule has 0 radical (unpaired) electrons. The third-order valence-corrected chi connectivity index (χ3v) is 7.07. The van der Waals surface area contributed by atoms with Crippen LogP contribution in [0.15, 0.2) is 42.5 Å². The van der Waals surface area contributed by atoms with E-state index in [0.29, 0.717) is 18.2 Å². The molecule has 0 aromatic heterocycles. The largest absolute Gasteiger partial charge is 0.478 e. The summed E-state index contributed by atoms with van der Waals surface area (Å²) in [4.78, 5) is 19.1. The van der Waals surface area contributed by atoms with E-state index in [2.05, 4.69) is 42.6 Å². The summed E-state index contributed by atoms with van der Waals surface area (Å²) in [5.74, 6) is 0.758. The molecule has 5 heteroatoms. The van der Waals surface area contributed by atoms with Crippen LogP contribution in [0.4, 0.5) is 0 Å². The summed E-state index contributed by atoms with van der Waals surface area (Å²) >= 11 is 0. The van der Waals surface area contributed by atoms with E-state index in [1.807, 2.05) is 0 Å². The van der Waals surface area contributed by atoms with E-state index < -0.39 is 11.9 Å². The first-order chi connectivity index (χ1) is 14.3. The van der Waals surface area contributed by atoms with Crippen molar-refractivity contribution in [2.24, 2.45) is 23.2 Å². The van der Waals surface area contributed by atoms with Crippen molar-refractivity contribution in [1.29, 1.82) is 0 Å². The van der Waals surface area contributed by atoms with Crippen LogP contribution in [0.3, 0.4) is 0 Å². The average Bonchev–Trinajstić information content (AvgIpc) is 2.66. The molecule has 30 heavy (non-hydrogen) atoms. The van der Waals surface area contributed by atoms with E-state index in [4.69, 9.17) is 10.2 Å². The van der Waals surface area contributed by atoms with Crippen LogP contribution in [-0.4, -0.2) is 34.7 Å². The quantitative estimate of drug-likeness (QED) is 0.545. The fourth-order valence-electron chi connectivity index (χ4n) is 6.36. The van der Waals surface area contributed by atoms with Gasteiger partial charge in [-0.2, -0.15) is 0 Å². The SMILES string of the molecule is CC(Cc1ccccc1)NCCC12CC3CC(CC(C3)C1)C2.O=C(O)/C=C\C(=O)O. The van der Waals surface area contributed by atoms with Gasteiger partial charge in [-0.15, -0.1) is 0 Å². The maximum atomic E-state index is 9.55. The highest BCUT2D eigenvalue weighted by Gasteiger charge is 2.50. The molecule has 164 valence electrons. The number of nitrogens with one attached hydrogen (secondary N) is 1. The molecule has 1 atom stereocenters. The Hall–Kier alpha value is -2.14. The summed E-state index contributed by atoms with van der Waals surface area (Å²) in [6.07, 6.45) is 13.0. The van der Waals surface area contributed by atoms with Gasteiger partial charge in [0.15, 0.2) is 0 Å². The Kier molecular flexibility index (Phi) is 7.70. The summed E-state index contributed by atoms with van der Waals surface area (Å²) in [5.41, 5.74) is 2.19. The lowest BCUT2D eigenvalue weighted by Gasteiger charge is -2.57. The van der Waals surface area contributed by atoms with E-state index in [0.717, 1.165) is 29.6 Å². The van der Waals surface area contributed by atoms with E-state index in [1.165, 1.54) is 18.5 Å². The number of benzene rings is 1. The summed E-state index contributed by atoms with van der Waals surface area (Å²) in [7, 11) is 0. The molecular formula is C25H35NO4. The minimum Gasteiger partial charge on any atom is -0.478 e. The molecule has 4 aliphatic rings. The number of carboxylic acid groups (broad SMARTS) is 2. The molecule has 0 heterocycles. The maximum Gasteiger partial charge on any atom is 0.328 e. The van der Waals surface area contributed by atoms with Crippen LogP contribution in [0.25, 0.3) is 0 Å². The molecule has 4 aliphatic carbocycles. The van der Waals surface area contributed by atoms with Crippen molar-refractivity contribution in [2.45, 2.75) is 64.3 Å². The number of rotatable bonds is 8. The second-order valence-corrected chi connectivity index (χ2v) is 9.72. The Balaban J connectivity index is 0.000000275. The molecule has 0 amide bonds. The van der Waals surface area contributed by atoms with Crippen LogP contribution >= 0.6 is 0 Å². The molecule has 1 aromatic carbocycles. The smallest absolute Gasteiger partial charge is 0.328 e. The average molecular weight is 414 g/mol. The zero-order chi connectivity index (χ0) is 21.6. The predicted octanol–water partition coefficient (Wildman–Crippen LogP) is 4.53. The van der Waals surface area contributed by atoms with Gasteiger partial charge in [-0.3, -0.25) is 0 Å². The molecule has 5 nitrogen and oxygen atoms in total. The third-order valence-electron chi connectivity index (χ3n) is 7.07. The molecule has 0 aliphatic heterocycles. The molecular weight excluding hydrogens is 378 g/mol. The highest BCUT2D eigenvalue weighted by atomic mass is 16.4. The first-order valence-electron chi connectivity index (χ1n) is 11.2. The Morgan fingerprint density at radius 1 is 1.00 bits per heavy atom. The minimum atomic E-state index is -1.26. The van der Waals surface area contributed by atoms with E-state index in [-0.39, 0.29) is 0 Å². The predicted molar refractivity (Wildman–Crippen MR) is 117 cm³/mol. The van der Waals surface area contributed by atoms with Crippen molar-refractivity contribution in [3.63, 3.8) is 0 Å². The van der Waals surface area contributed by atoms with Crippen molar-refractivity contribution in [3.05, 3.63) is 48.0 Å². The van der Waals surface area contributed by atoms with Crippen molar-refractivity contribution < 1.29 is 19.8 Å². The monoisotopic (exact) mass is 413 g/mol. The summed E-state index contributed by atoms with van der Waals surface area (Å²) < 4.78 is 0. The van der Waals surface area contributed by atoms with Crippen molar-refractivity contribution >= 4 is 11.9 Å². The van der Waals surface area contributed by atoms with Crippen LogP contribution < -0.4 is 5.32 Å². The van der Waals surface area contributed by atoms with E-state index in [1.54, 1.807) is 38.5 Å². The van der Waals surface area contributed by atoms with Crippen LogP contribution in [0, 0.1) is 23.2 Å². The summed E-state index contributed by atoms with van der Waals surface area (Å²) in [6, 6.07) is 11.5. The van der Waals surface area contributed by atoms with Crippen molar-refractivity contribution in [2.75, 3.05) is 6.54 Å². The Morgan fingerprint density at radius 2 is 1.50 bits per heavy atom. The third kappa shape index (κ3) is 6.69. The highest BCUT2D eigenvalue weighted by Crippen LogP contribution is 2.61. The molecule has 3 N–H and O–H groups in total. The standard InChI is InChI=1S/C21H31N.C4H4O4/c1-16(9-17-5-3-2-4-6-17)22-8-7-21-13-18-10-19(14-21)12-20(11-18)15-21;5-3(6)1-2-4(7)8/h2-6,16,18-20,22H,7-15H2,1H3;1-2H,(H,5,6)(H,7,8)/b;2-1-. The van der Waals surface area contributed by atoms with Gasteiger partial charge in [0.25, 0.3) is 0 Å². The molecule has 5 rings (SSSR count). The lowest BCUT2D eigenvalue weighted by molar-refractivity contribution is -0.134. The molecule has 4 fully saturated rings. The number of hydrogen-bond donors (Lipinski definition) is 3. The molecule has 1 aromatic rings. The van der Waals surface area contributed by atoms with Gasteiger partial charge < -0.3 is 15.5 Å². The number of aliphatic carboxylic acids is 2. The van der Waals surface area contributed by atoms with Crippen LogP contribution in [0.5, 0.6) is 0 Å². The molecule has 0 spiro atoms. The van der Waals surface area contributed by atoms with Gasteiger partial charge in [-0.05, 0) is 93.6 Å². The lowest BCUT2D eigenvalue weighted by Crippen LogP contribution is -2.47. The minimum absolute atomic E-state index is 0.558. The van der Waals surface area contributed by atoms with Gasteiger partial charge in [-0.25, -0.2) is 9.59 Å². The molecule has 1 unspecified atom stereocenters. The summed E-state index contributed by atoms with van der Waals surface area (Å²) in [5, 5.41) is 19.4. The zero-order valence-electron chi connectivity index (χ0n) is 17.9. The molecule has 0 saturated heterocycles. The second-order valence-electron chi connectivity index (χ2n) is 9.72. The first-order valence-corrected chi connectivity index (χ1v) is 11.2. The van der Waals surface area contributed by atoms with E-state index in [9.17, 15) is 9.59 Å². The maximum absolute atomic E-state index is 9.55. The van der Waals surface area contributed by atoms with Crippen LogP contribution in [0.1, 0.15) is 57.4 Å². The van der Waals surface area contributed by atoms with Crippen LogP contribution in [-0.2, 0) is 16.0 Å². The second kappa shape index (κ2) is 10.3. The topological polar surface area (TPSA) is 86.6 Å². The fraction of sp³-hybridized carbons (Fsp3) is 0.600. The van der Waals surface area contributed by atoms with Gasteiger partial charge in [0.1, 0.15) is 0 Å². The first kappa shape index (κ1) is 22.5. The van der Waals surface area contributed by atoms with Crippen molar-refractivity contribution in [3.8, 4) is 0 Å². The number of hydrogen-bond acceptors (Lipinski definition) is 3. The Bertz CT molecular complexity index is 691. The molecule has 4 saturated carbocycles. The van der Waals surface area contributed by atoms with Crippen LogP contribution in [0.2, 0.25) is 0 Å². The van der Waals surface area contributed by atoms with E-state index >= 15 is 0 Å². The van der Waals surface area contributed by atoms with Gasteiger partial charge in [0, 0.05) is 18.2 Å². The van der Waals surface area contributed by atoms with Gasteiger partial charge >= 0.3 is 11.9 Å².